The second-order valence-electron chi connectivity index (χ2n) is 6.75. The van der Waals surface area contributed by atoms with Crippen LogP contribution in [0.1, 0.15) is 28.0 Å². The van der Waals surface area contributed by atoms with E-state index in [1.54, 1.807) is 12.3 Å². The second kappa shape index (κ2) is 8.23. The highest BCUT2D eigenvalue weighted by molar-refractivity contribution is 5.92. The number of benzene rings is 1. The molecule has 0 bridgehead atoms. The first-order chi connectivity index (χ1) is 12.2. The van der Waals surface area contributed by atoms with Gasteiger partial charge in [0.1, 0.15) is 5.69 Å². The smallest absolute Gasteiger partial charge is 0.270 e. The van der Waals surface area contributed by atoms with Gasteiger partial charge in [0, 0.05) is 37.9 Å². The second-order valence-corrected chi connectivity index (χ2v) is 6.75. The Morgan fingerprint density at radius 2 is 2.08 bits per heavy atom. The Kier molecular flexibility index (Phi) is 5.79. The van der Waals surface area contributed by atoms with Crippen LogP contribution < -0.4 is 5.32 Å². The van der Waals surface area contributed by atoms with E-state index in [-0.39, 0.29) is 24.5 Å². The summed E-state index contributed by atoms with van der Waals surface area (Å²) in [7, 11) is 0. The number of nitrogens with one attached hydrogen (secondary N) is 1. The van der Waals surface area contributed by atoms with E-state index in [4.69, 9.17) is 0 Å². The third-order valence-electron chi connectivity index (χ3n) is 4.78. The van der Waals surface area contributed by atoms with E-state index in [9.17, 15) is 9.90 Å². The summed E-state index contributed by atoms with van der Waals surface area (Å²) >= 11 is 0. The van der Waals surface area contributed by atoms with Gasteiger partial charge in [0.25, 0.3) is 5.91 Å². The first-order valence-electron chi connectivity index (χ1n) is 8.76. The number of hydrogen-bond donors (Lipinski definition) is 2. The number of hydrogen-bond acceptors (Lipinski definition) is 4. The van der Waals surface area contributed by atoms with E-state index in [1.165, 1.54) is 5.56 Å². The summed E-state index contributed by atoms with van der Waals surface area (Å²) < 4.78 is 0. The topological polar surface area (TPSA) is 65.5 Å². The quantitative estimate of drug-likeness (QED) is 0.874. The molecular weight excluding hydrogens is 314 g/mol. The lowest BCUT2D eigenvalue weighted by atomic mass is 9.91. The number of amides is 1. The molecule has 5 heteroatoms. The zero-order valence-corrected chi connectivity index (χ0v) is 14.6. The standard InChI is InChI=1S/C20H25N3O2/c1-15-7-8-18(21-11-15)20(25)22-19-13-23(10-9-17(19)14-24)12-16-5-3-2-4-6-16/h2-8,11,17,19,24H,9-10,12-14H2,1H3,(H,22,25)/t17-,19+/m1/s1. The summed E-state index contributed by atoms with van der Waals surface area (Å²) in [5, 5.41) is 12.7. The highest BCUT2D eigenvalue weighted by Gasteiger charge is 2.30. The van der Waals surface area contributed by atoms with Crippen LogP contribution in [0.15, 0.2) is 48.7 Å². The third kappa shape index (κ3) is 4.65. The number of carbonyl (C=O) groups excluding carboxylic acids is 1. The van der Waals surface area contributed by atoms with Crippen LogP contribution in [0.2, 0.25) is 0 Å². The summed E-state index contributed by atoms with van der Waals surface area (Å²) in [6.45, 7) is 4.55. The summed E-state index contributed by atoms with van der Waals surface area (Å²) in [4.78, 5) is 19.0. The molecule has 1 saturated heterocycles. The molecule has 0 unspecified atom stereocenters. The maximum Gasteiger partial charge on any atom is 0.270 e. The molecule has 2 atom stereocenters. The Hall–Kier alpha value is -2.24. The number of carbonyl (C=O) groups is 1. The number of aromatic nitrogens is 1. The van der Waals surface area contributed by atoms with Crippen molar-refractivity contribution < 1.29 is 9.90 Å². The van der Waals surface area contributed by atoms with Crippen LogP contribution in [0.3, 0.4) is 0 Å². The molecule has 3 rings (SSSR count). The van der Waals surface area contributed by atoms with Gasteiger partial charge in [-0.2, -0.15) is 0 Å². The van der Waals surface area contributed by atoms with Crippen molar-refractivity contribution in [3.05, 3.63) is 65.5 Å². The van der Waals surface area contributed by atoms with E-state index < -0.39 is 0 Å². The normalized spacial score (nSPS) is 21.0. The minimum atomic E-state index is -0.176. The van der Waals surface area contributed by atoms with E-state index in [0.29, 0.717) is 5.69 Å². The average Bonchev–Trinajstić information content (AvgIpc) is 2.63. The fraction of sp³-hybridized carbons (Fsp3) is 0.400. The molecule has 1 aliphatic heterocycles. The zero-order chi connectivity index (χ0) is 17.6. The van der Waals surface area contributed by atoms with Gasteiger partial charge in [0.05, 0.1) is 0 Å². The van der Waals surface area contributed by atoms with Crippen LogP contribution >= 0.6 is 0 Å². The molecule has 0 aliphatic carbocycles. The van der Waals surface area contributed by atoms with Gasteiger partial charge in [-0.3, -0.25) is 14.7 Å². The Bertz CT molecular complexity index is 688. The molecule has 25 heavy (non-hydrogen) atoms. The van der Waals surface area contributed by atoms with Crippen LogP contribution in [0.25, 0.3) is 0 Å². The first-order valence-corrected chi connectivity index (χ1v) is 8.76. The number of aryl methyl sites for hydroxylation is 1. The Morgan fingerprint density at radius 3 is 2.76 bits per heavy atom. The fourth-order valence-corrected chi connectivity index (χ4v) is 3.28. The Labute approximate surface area is 148 Å². The van der Waals surface area contributed by atoms with E-state index in [0.717, 1.165) is 31.6 Å². The molecule has 132 valence electrons. The lowest BCUT2D eigenvalue weighted by Gasteiger charge is -2.38. The molecule has 1 amide bonds. The number of pyridine rings is 1. The molecule has 2 heterocycles. The van der Waals surface area contributed by atoms with Gasteiger partial charge in [0.2, 0.25) is 0 Å². The molecule has 1 aromatic heterocycles. The molecule has 1 aromatic carbocycles. The summed E-state index contributed by atoms with van der Waals surface area (Å²) in [6.07, 6.45) is 2.57. The maximum absolute atomic E-state index is 12.5. The number of nitrogens with zero attached hydrogens (tertiary/aromatic N) is 2. The van der Waals surface area contributed by atoms with Crippen molar-refractivity contribution in [1.82, 2.24) is 15.2 Å². The van der Waals surface area contributed by atoms with Gasteiger partial charge >= 0.3 is 0 Å². The van der Waals surface area contributed by atoms with Gasteiger partial charge in [-0.1, -0.05) is 36.4 Å². The predicted octanol–water partition coefficient (Wildman–Crippen LogP) is 2.00. The number of rotatable bonds is 5. The number of aliphatic hydroxyl groups excluding tert-OH is 1. The minimum absolute atomic E-state index is 0.0712. The summed E-state index contributed by atoms with van der Waals surface area (Å²) in [6, 6.07) is 13.9. The van der Waals surface area contributed by atoms with Crippen LogP contribution in [0, 0.1) is 12.8 Å². The Morgan fingerprint density at radius 1 is 1.28 bits per heavy atom. The molecule has 2 N–H and O–H groups in total. The first kappa shape index (κ1) is 17.6. The number of aliphatic hydroxyl groups is 1. The van der Waals surface area contributed by atoms with Crippen LogP contribution in [0.4, 0.5) is 0 Å². The molecular formula is C20H25N3O2. The number of likely N-dealkylation sites (tertiary alicyclic amines) is 1. The zero-order valence-electron chi connectivity index (χ0n) is 14.6. The highest BCUT2D eigenvalue weighted by atomic mass is 16.3. The van der Waals surface area contributed by atoms with Crippen molar-refractivity contribution in [3.63, 3.8) is 0 Å². The average molecular weight is 339 g/mol. The molecule has 1 aliphatic rings. The van der Waals surface area contributed by atoms with Crippen LogP contribution in [0.5, 0.6) is 0 Å². The summed E-state index contributed by atoms with van der Waals surface area (Å²) in [5.41, 5.74) is 2.70. The van der Waals surface area contributed by atoms with E-state index in [1.807, 2.05) is 31.2 Å². The van der Waals surface area contributed by atoms with Crippen molar-refractivity contribution in [2.45, 2.75) is 25.9 Å². The van der Waals surface area contributed by atoms with Gasteiger partial charge in [0.15, 0.2) is 0 Å². The molecule has 1 fully saturated rings. The molecule has 5 nitrogen and oxygen atoms in total. The monoisotopic (exact) mass is 339 g/mol. The lowest BCUT2D eigenvalue weighted by Crippen LogP contribution is -2.53. The minimum Gasteiger partial charge on any atom is -0.396 e. The highest BCUT2D eigenvalue weighted by Crippen LogP contribution is 2.20. The number of piperidine rings is 1. The van der Waals surface area contributed by atoms with Crippen LogP contribution in [-0.2, 0) is 6.54 Å². The molecule has 2 aromatic rings. The largest absolute Gasteiger partial charge is 0.396 e. The molecule has 0 saturated carbocycles. The molecule has 0 radical (unpaired) electrons. The SMILES string of the molecule is Cc1ccc(C(=O)N[C@H]2CN(Cc3ccccc3)CC[C@@H]2CO)nc1. The van der Waals surface area contributed by atoms with Gasteiger partial charge in [-0.05, 0) is 37.1 Å². The fourth-order valence-electron chi connectivity index (χ4n) is 3.28. The van der Waals surface area contributed by atoms with Crippen molar-refractivity contribution >= 4 is 5.91 Å². The van der Waals surface area contributed by atoms with Gasteiger partial charge in [-0.15, -0.1) is 0 Å². The van der Waals surface area contributed by atoms with Gasteiger partial charge < -0.3 is 10.4 Å². The summed E-state index contributed by atoms with van der Waals surface area (Å²) in [5.74, 6) is -0.0913. The lowest BCUT2D eigenvalue weighted by molar-refractivity contribution is 0.0727. The van der Waals surface area contributed by atoms with Crippen molar-refractivity contribution in [2.24, 2.45) is 5.92 Å². The Balaban J connectivity index is 1.64. The van der Waals surface area contributed by atoms with Crippen molar-refractivity contribution in [2.75, 3.05) is 19.7 Å². The maximum atomic E-state index is 12.5. The molecule has 0 spiro atoms. The van der Waals surface area contributed by atoms with E-state index in [2.05, 4.69) is 27.3 Å². The predicted molar refractivity (Wildman–Crippen MR) is 97.1 cm³/mol. The van der Waals surface area contributed by atoms with Gasteiger partial charge in [-0.25, -0.2) is 0 Å². The van der Waals surface area contributed by atoms with Crippen molar-refractivity contribution in [3.8, 4) is 0 Å². The van der Waals surface area contributed by atoms with E-state index >= 15 is 0 Å². The third-order valence-corrected chi connectivity index (χ3v) is 4.78. The van der Waals surface area contributed by atoms with Crippen molar-refractivity contribution in [1.29, 1.82) is 0 Å². The van der Waals surface area contributed by atoms with Crippen LogP contribution in [-0.4, -0.2) is 46.6 Å².